The number of benzene rings is 1. The number of hydrazine groups is 1. The number of carbonyl (C=O) groups is 1. The van der Waals surface area contributed by atoms with Gasteiger partial charge in [-0.15, -0.1) is 0 Å². The SMILES string of the molecule is Cc1cc(=O)c(C(=O)NN(C)C)nn1-c1ccccc1C(F)(F)F. The van der Waals surface area contributed by atoms with Gasteiger partial charge in [-0.3, -0.25) is 15.0 Å². The summed E-state index contributed by atoms with van der Waals surface area (Å²) in [4.78, 5) is 24.0. The van der Waals surface area contributed by atoms with E-state index in [1.165, 1.54) is 44.2 Å². The van der Waals surface area contributed by atoms with Gasteiger partial charge in [0.25, 0.3) is 5.91 Å². The first-order valence-electron chi connectivity index (χ1n) is 6.87. The third-order valence-electron chi connectivity index (χ3n) is 3.09. The highest BCUT2D eigenvalue weighted by Gasteiger charge is 2.34. The van der Waals surface area contributed by atoms with E-state index in [0.717, 1.165) is 16.8 Å². The number of rotatable bonds is 3. The number of amides is 1. The fourth-order valence-corrected chi connectivity index (χ4v) is 2.10. The Morgan fingerprint density at radius 2 is 1.88 bits per heavy atom. The van der Waals surface area contributed by atoms with Gasteiger partial charge in [0.1, 0.15) is 0 Å². The number of nitrogens with one attached hydrogen (secondary N) is 1. The van der Waals surface area contributed by atoms with Crippen molar-refractivity contribution < 1.29 is 18.0 Å². The van der Waals surface area contributed by atoms with Crippen LogP contribution in [0.15, 0.2) is 35.1 Å². The molecule has 0 spiro atoms. The highest BCUT2D eigenvalue weighted by molar-refractivity contribution is 5.91. The second kappa shape index (κ2) is 6.44. The van der Waals surface area contributed by atoms with Gasteiger partial charge in [-0.05, 0) is 19.1 Å². The third-order valence-corrected chi connectivity index (χ3v) is 3.09. The summed E-state index contributed by atoms with van der Waals surface area (Å²) in [6, 6.07) is 5.88. The lowest BCUT2D eigenvalue weighted by Gasteiger charge is -2.17. The first-order valence-corrected chi connectivity index (χ1v) is 6.87. The first-order chi connectivity index (χ1) is 11.1. The number of carbonyl (C=O) groups excluding carboxylic acids is 1. The number of hydrogen-bond acceptors (Lipinski definition) is 4. The molecular weight excluding hydrogens is 325 g/mol. The zero-order valence-corrected chi connectivity index (χ0v) is 13.2. The van der Waals surface area contributed by atoms with Gasteiger partial charge in [0.05, 0.1) is 11.3 Å². The van der Waals surface area contributed by atoms with Crippen molar-refractivity contribution in [1.29, 1.82) is 0 Å². The van der Waals surface area contributed by atoms with Crippen molar-refractivity contribution in [3.05, 3.63) is 57.5 Å². The maximum Gasteiger partial charge on any atom is 0.418 e. The summed E-state index contributed by atoms with van der Waals surface area (Å²) in [5, 5.41) is 5.14. The molecule has 1 aromatic carbocycles. The number of para-hydroxylation sites is 1. The second-order valence-corrected chi connectivity index (χ2v) is 5.26. The highest BCUT2D eigenvalue weighted by Crippen LogP contribution is 2.33. The zero-order chi connectivity index (χ0) is 18.1. The Morgan fingerprint density at radius 3 is 2.46 bits per heavy atom. The predicted octanol–water partition coefficient (Wildman–Crippen LogP) is 1.77. The number of hydrogen-bond donors (Lipinski definition) is 1. The van der Waals surface area contributed by atoms with E-state index in [4.69, 9.17) is 0 Å². The maximum absolute atomic E-state index is 13.2. The second-order valence-electron chi connectivity index (χ2n) is 5.26. The van der Waals surface area contributed by atoms with Crippen molar-refractivity contribution in [3.63, 3.8) is 0 Å². The lowest BCUT2D eigenvalue weighted by atomic mass is 10.1. The van der Waals surface area contributed by atoms with Crippen LogP contribution in [0.5, 0.6) is 0 Å². The summed E-state index contributed by atoms with van der Waals surface area (Å²) < 4.78 is 40.5. The quantitative estimate of drug-likeness (QED) is 0.865. The zero-order valence-electron chi connectivity index (χ0n) is 13.2. The summed E-state index contributed by atoms with van der Waals surface area (Å²) >= 11 is 0. The largest absolute Gasteiger partial charge is 0.418 e. The molecular formula is C15H15F3N4O2. The minimum atomic E-state index is -4.60. The predicted molar refractivity (Wildman–Crippen MR) is 80.7 cm³/mol. The van der Waals surface area contributed by atoms with E-state index in [1.807, 2.05) is 0 Å². The summed E-state index contributed by atoms with van der Waals surface area (Å²) in [5.74, 6) is -0.803. The van der Waals surface area contributed by atoms with Crippen LogP contribution >= 0.6 is 0 Å². The van der Waals surface area contributed by atoms with Gasteiger partial charge in [0, 0.05) is 25.9 Å². The molecule has 0 aliphatic carbocycles. The summed E-state index contributed by atoms with van der Waals surface area (Å²) in [6.07, 6.45) is -4.60. The van der Waals surface area contributed by atoms with E-state index in [0.29, 0.717) is 0 Å². The summed E-state index contributed by atoms with van der Waals surface area (Å²) in [7, 11) is 3.06. The summed E-state index contributed by atoms with van der Waals surface area (Å²) in [6.45, 7) is 1.44. The molecule has 6 nitrogen and oxygen atoms in total. The van der Waals surface area contributed by atoms with Gasteiger partial charge in [0.2, 0.25) is 5.43 Å². The van der Waals surface area contributed by atoms with Crippen LogP contribution in [0.2, 0.25) is 0 Å². The molecule has 1 N–H and O–H groups in total. The molecule has 0 fully saturated rings. The molecule has 0 aliphatic heterocycles. The molecule has 2 aromatic rings. The van der Waals surface area contributed by atoms with Crippen molar-refractivity contribution in [2.24, 2.45) is 0 Å². The molecule has 0 aliphatic rings. The van der Waals surface area contributed by atoms with Crippen LogP contribution in [0.3, 0.4) is 0 Å². The average Bonchev–Trinajstić information content (AvgIpc) is 2.45. The molecule has 0 atom stereocenters. The molecule has 0 unspecified atom stereocenters. The molecule has 0 saturated carbocycles. The fourth-order valence-electron chi connectivity index (χ4n) is 2.10. The fraction of sp³-hybridized carbons (Fsp3) is 0.267. The minimum absolute atomic E-state index is 0.179. The van der Waals surface area contributed by atoms with Crippen LogP contribution in [0, 0.1) is 6.92 Å². The van der Waals surface area contributed by atoms with Gasteiger partial charge in [0.15, 0.2) is 5.69 Å². The van der Waals surface area contributed by atoms with Crippen molar-refractivity contribution in [2.45, 2.75) is 13.1 Å². The Bertz CT molecular complexity index is 828. The van der Waals surface area contributed by atoms with Crippen molar-refractivity contribution in [1.82, 2.24) is 20.2 Å². The van der Waals surface area contributed by atoms with Gasteiger partial charge < -0.3 is 0 Å². The Balaban J connectivity index is 2.65. The van der Waals surface area contributed by atoms with Crippen LogP contribution in [-0.4, -0.2) is 34.8 Å². The van der Waals surface area contributed by atoms with Gasteiger partial charge >= 0.3 is 6.18 Å². The molecule has 9 heteroatoms. The number of aryl methyl sites for hydroxylation is 1. The van der Waals surface area contributed by atoms with E-state index in [-0.39, 0.29) is 11.4 Å². The standard InChI is InChI=1S/C15H15F3N4O2/c1-9-8-12(23)13(14(24)20-21(2)3)19-22(9)11-7-5-4-6-10(11)15(16,17)18/h4-8H,1-3H3,(H,20,24). The van der Waals surface area contributed by atoms with E-state index < -0.39 is 28.8 Å². The van der Waals surface area contributed by atoms with Crippen molar-refractivity contribution in [3.8, 4) is 5.69 Å². The number of nitrogens with zero attached hydrogens (tertiary/aromatic N) is 3. The molecule has 0 saturated heterocycles. The lowest BCUT2D eigenvalue weighted by Crippen LogP contribution is -2.40. The van der Waals surface area contributed by atoms with Crippen LogP contribution in [-0.2, 0) is 6.18 Å². The Labute approximate surface area is 135 Å². The highest BCUT2D eigenvalue weighted by atomic mass is 19.4. The molecule has 1 aromatic heterocycles. The van der Waals surface area contributed by atoms with Crippen molar-refractivity contribution >= 4 is 5.91 Å². The number of alkyl halides is 3. The molecule has 1 heterocycles. The topological polar surface area (TPSA) is 67.2 Å². The molecule has 128 valence electrons. The van der Waals surface area contributed by atoms with Crippen LogP contribution in [0.25, 0.3) is 5.69 Å². The lowest BCUT2D eigenvalue weighted by molar-refractivity contribution is -0.137. The number of aromatic nitrogens is 2. The van der Waals surface area contributed by atoms with Gasteiger partial charge in [-0.1, -0.05) is 12.1 Å². The van der Waals surface area contributed by atoms with Crippen LogP contribution in [0.4, 0.5) is 13.2 Å². The van der Waals surface area contributed by atoms with Crippen molar-refractivity contribution in [2.75, 3.05) is 14.1 Å². The molecule has 1 amide bonds. The molecule has 24 heavy (non-hydrogen) atoms. The Kier molecular flexibility index (Phi) is 4.74. The molecule has 2 rings (SSSR count). The molecule has 0 radical (unpaired) electrons. The van der Waals surface area contributed by atoms with E-state index >= 15 is 0 Å². The average molecular weight is 340 g/mol. The Hall–Kier alpha value is -2.68. The van der Waals surface area contributed by atoms with Gasteiger partial charge in [-0.2, -0.15) is 18.3 Å². The first kappa shape index (κ1) is 17.7. The minimum Gasteiger partial charge on any atom is -0.287 e. The monoisotopic (exact) mass is 340 g/mol. The number of halogens is 3. The van der Waals surface area contributed by atoms with E-state index in [9.17, 15) is 22.8 Å². The Morgan fingerprint density at radius 1 is 1.25 bits per heavy atom. The van der Waals surface area contributed by atoms with Gasteiger partial charge in [-0.25, -0.2) is 9.69 Å². The smallest absolute Gasteiger partial charge is 0.287 e. The maximum atomic E-state index is 13.2. The normalized spacial score (nSPS) is 11.6. The van der Waals surface area contributed by atoms with Crippen LogP contribution < -0.4 is 10.9 Å². The van der Waals surface area contributed by atoms with E-state index in [1.54, 1.807) is 0 Å². The molecule has 0 bridgehead atoms. The van der Waals surface area contributed by atoms with E-state index in [2.05, 4.69) is 10.5 Å². The van der Waals surface area contributed by atoms with Crippen LogP contribution in [0.1, 0.15) is 21.7 Å². The summed E-state index contributed by atoms with van der Waals surface area (Å²) in [5.41, 5.74) is 0.174. The third kappa shape index (κ3) is 3.62.